The van der Waals surface area contributed by atoms with Crippen LogP contribution in [-0.2, 0) is 35.6 Å². The lowest BCUT2D eigenvalue weighted by molar-refractivity contribution is -0.587. The first-order valence-electron chi connectivity index (χ1n) is 20.4. The van der Waals surface area contributed by atoms with Crippen molar-refractivity contribution >= 4 is 44.9 Å². The number of benzene rings is 1. The van der Waals surface area contributed by atoms with E-state index in [9.17, 15) is 32.8 Å². The van der Waals surface area contributed by atoms with Gasteiger partial charge in [-0.05, 0) is 82.1 Å². The zero-order chi connectivity index (χ0) is 39.2. The number of hydrogen-bond acceptors (Lipinski definition) is 10. The molecule has 2 bridgehead atoms. The van der Waals surface area contributed by atoms with E-state index in [0.717, 1.165) is 56.1 Å². The maximum Gasteiger partial charge on any atom is 0.408 e. The van der Waals surface area contributed by atoms with Crippen molar-refractivity contribution in [3.05, 3.63) is 47.8 Å². The number of ether oxygens (including phenoxy) is 2. The Labute approximate surface area is 327 Å². The average molecular weight is 793 g/mol. The molecule has 0 radical (unpaired) electrons. The molecule has 56 heavy (non-hydrogen) atoms. The molecular formula is C40H52N6O9S. The van der Waals surface area contributed by atoms with Crippen LogP contribution in [-0.4, -0.2) is 83.7 Å². The van der Waals surface area contributed by atoms with Crippen molar-refractivity contribution < 1.29 is 41.8 Å². The van der Waals surface area contributed by atoms with Crippen LogP contribution in [0.4, 0.5) is 4.79 Å². The molecule has 4 saturated carbocycles. The van der Waals surface area contributed by atoms with Crippen molar-refractivity contribution in [3.8, 4) is 5.88 Å². The summed E-state index contributed by atoms with van der Waals surface area (Å²) in [6.45, 7) is 3.74. The lowest BCUT2D eigenvalue weighted by atomic mass is 9.96. The highest BCUT2D eigenvalue weighted by Crippen LogP contribution is 2.46. The molecule has 4 amide bonds. The molecule has 3 heterocycles. The Morgan fingerprint density at radius 1 is 0.982 bits per heavy atom. The lowest BCUT2D eigenvalue weighted by Gasteiger charge is -2.32. The first-order valence-corrected chi connectivity index (χ1v) is 22.0. The van der Waals surface area contributed by atoms with Gasteiger partial charge in [-0.15, -0.1) is 6.58 Å². The number of para-hydroxylation sites is 2. The first kappa shape index (κ1) is 38.4. The molecule has 302 valence electrons. The molecule has 0 unspecified atom stereocenters. The van der Waals surface area contributed by atoms with E-state index in [1.807, 2.05) is 0 Å². The van der Waals surface area contributed by atoms with E-state index in [0.29, 0.717) is 55.3 Å². The van der Waals surface area contributed by atoms with Gasteiger partial charge in [0.05, 0.1) is 11.8 Å². The van der Waals surface area contributed by atoms with Gasteiger partial charge >= 0.3 is 6.09 Å². The quantitative estimate of drug-likeness (QED) is 0.212. The Morgan fingerprint density at radius 3 is 2.46 bits per heavy atom. The smallest absolute Gasteiger partial charge is 0.408 e. The Balaban J connectivity index is 1.13. The largest absolute Gasteiger partial charge is 0.618 e. The Bertz CT molecular complexity index is 2000. The fourth-order valence-electron chi connectivity index (χ4n) is 9.50. The van der Waals surface area contributed by atoms with Crippen molar-refractivity contribution in [1.82, 2.24) is 25.2 Å². The number of hydrogen-bond donors (Lipinski definition) is 3. The van der Waals surface area contributed by atoms with Gasteiger partial charge < -0.3 is 30.2 Å². The Hall–Kier alpha value is -4.47. The van der Waals surface area contributed by atoms with Crippen molar-refractivity contribution in [2.45, 2.75) is 138 Å². The summed E-state index contributed by atoms with van der Waals surface area (Å²) in [5.74, 6) is -2.35. The summed E-state index contributed by atoms with van der Waals surface area (Å²) < 4.78 is 41.1. The normalized spacial score (nSPS) is 31.5. The summed E-state index contributed by atoms with van der Waals surface area (Å²) >= 11 is 0. The second-order valence-electron chi connectivity index (χ2n) is 16.7. The van der Waals surface area contributed by atoms with E-state index in [1.165, 1.54) is 11.0 Å². The molecule has 7 atom stereocenters. The average Bonchev–Trinajstić information content (AvgIpc) is 3.96. The number of alkyl carbamates (subject to hydrolysis) is 1. The van der Waals surface area contributed by atoms with Gasteiger partial charge in [0, 0.05) is 24.8 Å². The first-order chi connectivity index (χ1) is 27.0. The number of aromatic nitrogens is 2. The molecule has 1 aromatic carbocycles. The minimum atomic E-state index is -3.91. The molecule has 0 spiro atoms. The van der Waals surface area contributed by atoms with E-state index in [2.05, 4.69) is 21.9 Å². The summed E-state index contributed by atoms with van der Waals surface area (Å²) in [5, 5.41) is 19.0. The van der Waals surface area contributed by atoms with Crippen LogP contribution >= 0.6 is 0 Å². The van der Waals surface area contributed by atoms with Gasteiger partial charge in [0.2, 0.25) is 27.4 Å². The fourth-order valence-corrected chi connectivity index (χ4v) is 10.9. The van der Waals surface area contributed by atoms with Crippen molar-refractivity contribution in [2.24, 2.45) is 17.8 Å². The summed E-state index contributed by atoms with van der Waals surface area (Å²) in [4.78, 5) is 62.6. The second kappa shape index (κ2) is 15.5. The van der Waals surface area contributed by atoms with E-state index in [1.54, 1.807) is 24.3 Å². The third-order valence-corrected chi connectivity index (χ3v) is 14.8. The standard InChI is InChI=1S/C40H52N6O9S/c1-2-26-22-40(26,38(49)44-56(52,53)28-19-20-28)43-35(47)32-21-27-23-45(32)37(48)34(25-12-6-7-13-25)42-39(50)55-33-18-10-14-24(33)11-4-3-5-17-31-36(54-27)41-29-15-8-9-16-30(29)46(31)51/h2,8-9,15-16,24-28,32-34H,1,3-7,10-14,17-23H2,(H,42,50)(H,43,47)(H,44,49)/t24-,26-,27-,32+,33-,34+,40+/m1/s1. The predicted molar refractivity (Wildman–Crippen MR) is 203 cm³/mol. The van der Waals surface area contributed by atoms with Gasteiger partial charge in [-0.1, -0.05) is 43.9 Å². The topological polar surface area (TPSA) is 200 Å². The lowest BCUT2D eigenvalue weighted by Crippen LogP contribution is -2.59. The Kier molecular flexibility index (Phi) is 10.6. The van der Waals surface area contributed by atoms with Crippen LogP contribution in [0.5, 0.6) is 5.88 Å². The summed E-state index contributed by atoms with van der Waals surface area (Å²) in [7, 11) is -3.91. The molecule has 4 aliphatic carbocycles. The van der Waals surface area contributed by atoms with Gasteiger partial charge in [-0.3, -0.25) is 19.1 Å². The summed E-state index contributed by atoms with van der Waals surface area (Å²) in [6.07, 6.45) is 10.4. The molecule has 1 saturated heterocycles. The van der Waals surface area contributed by atoms with E-state index < -0.39 is 68.7 Å². The Morgan fingerprint density at radius 2 is 1.71 bits per heavy atom. The number of rotatable bonds is 7. The third-order valence-electron chi connectivity index (χ3n) is 12.9. The van der Waals surface area contributed by atoms with Gasteiger partial charge in [0.1, 0.15) is 35.3 Å². The molecule has 15 nitrogen and oxygen atoms in total. The number of carbonyl (C=O) groups excluding carboxylic acids is 4. The zero-order valence-corrected chi connectivity index (χ0v) is 32.5. The summed E-state index contributed by atoms with van der Waals surface area (Å²) in [5.41, 5.74) is -0.342. The molecular weight excluding hydrogens is 741 g/mol. The molecule has 6 aliphatic rings. The minimum Gasteiger partial charge on any atom is -0.618 e. The summed E-state index contributed by atoms with van der Waals surface area (Å²) in [6, 6.07) is 4.88. The number of nitrogens with one attached hydrogen (secondary N) is 3. The van der Waals surface area contributed by atoms with E-state index in [4.69, 9.17) is 14.5 Å². The number of amides is 4. The van der Waals surface area contributed by atoms with E-state index >= 15 is 0 Å². The number of sulfonamides is 1. The van der Waals surface area contributed by atoms with Crippen LogP contribution in [0.2, 0.25) is 0 Å². The second-order valence-corrected chi connectivity index (χ2v) is 18.7. The monoisotopic (exact) mass is 792 g/mol. The minimum absolute atomic E-state index is 0.00715. The van der Waals surface area contributed by atoms with E-state index in [-0.39, 0.29) is 43.2 Å². The van der Waals surface area contributed by atoms with Crippen molar-refractivity contribution in [3.63, 3.8) is 0 Å². The van der Waals surface area contributed by atoms with Crippen molar-refractivity contribution in [1.29, 1.82) is 0 Å². The molecule has 8 rings (SSSR count). The fraction of sp³-hybridized carbons (Fsp3) is 0.650. The number of fused-ring (bicyclic) bond motifs is 5. The maximum atomic E-state index is 14.8. The van der Waals surface area contributed by atoms with Gasteiger partial charge in [0.15, 0.2) is 0 Å². The highest BCUT2D eigenvalue weighted by atomic mass is 32.2. The van der Waals surface area contributed by atoms with Crippen LogP contribution < -0.4 is 24.8 Å². The molecule has 3 N–H and O–H groups in total. The van der Waals surface area contributed by atoms with Crippen LogP contribution in [0.25, 0.3) is 11.0 Å². The molecule has 2 aliphatic heterocycles. The van der Waals surface area contributed by atoms with Crippen LogP contribution in [0.1, 0.15) is 102 Å². The van der Waals surface area contributed by atoms with Crippen LogP contribution in [0.3, 0.4) is 0 Å². The van der Waals surface area contributed by atoms with Crippen LogP contribution in [0.15, 0.2) is 36.9 Å². The highest BCUT2D eigenvalue weighted by molar-refractivity contribution is 7.91. The van der Waals surface area contributed by atoms with Crippen LogP contribution in [0, 0.1) is 23.0 Å². The maximum absolute atomic E-state index is 14.8. The molecule has 2 aromatic rings. The molecule has 5 fully saturated rings. The van der Waals surface area contributed by atoms with Crippen molar-refractivity contribution in [2.75, 3.05) is 6.54 Å². The number of nitrogens with zero attached hydrogens (tertiary/aromatic N) is 3. The third kappa shape index (κ3) is 7.64. The SMILES string of the molecule is C=C[C@@H]1C[C@@]1(NC(=O)[C@@H]1C[C@@H]2CN1C(=O)[C@H](C1CCCC1)NC(=O)O[C@@H]1CCC[C@H]1CCCCCc1c(nc3ccccc3[n+]1[O-])O2)C(=O)NS(=O)(=O)C1CC1. The molecule has 16 heteroatoms. The predicted octanol–water partition coefficient (Wildman–Crippen LogP) is 3.46. The number of carbonyl (C=O) groups is 4. The van der Waals surface area contributed by atoms with Gasteiger partial charge in [-0.25, -0.2) is 18.2 Å². The zero-order valence-electron chi connectivity index (χ0n) is 31.7. The molecule has 1 aromatic heterocycles. The van der Waals surface area contributed by atoms with Gasteiger partial charge in [0.25, 0.3) is 17.5 Å². The van der Waals surface area contributed by atoms with Gasteiger partial charge in [-0.2, -0.15) is 4.73 Å². The highest BCUT2D eigenvalue weighted by Gasteiger charge is 2.62.